The van der Waals surface area contributed by atoms with Gasteiger partial charge in [0, 0.05) is 38.9 Å². The zero-order chi connectivity index (χ0) is 14.2. The predicted molar refractivity (Wildman–Crippen MR) is 86.4 cm³/mol. The van der Waals surface area contributed by atoms with Gasteiger partial charge in [-0.15, -0.1) is 0 Å². The standard InChI is InChI=1S/C16H26N4/c1-3-10-18-16(17-2)19-12-14-9-11-20(13-14)15-7-5-4-6-8-15/h4-8,14H,3,9-13H2,1-2H3,(H2,17,18,19). The third-order valence-electron chi connectivity index (χ3n) is 3.73. The van der Waals surface area contributed by atoms with Gasteiger partial charge in [-0.2, -0.15) is 0 Å². The molecule has 2 N–H and O–H groups in total. The van der Waals surface area contributed by atoms with Gasteiger partial charge >= 0.3 is 0 Å². The van der Waals surface area contributed by atoms with Crippen LogP contribution in [0.4, 0.5) is 5.69 Å². The van der Waals surface area contributed by atoms with Gasteiger partial charge in [-0.3, -0.25) is 4.99 Å². The van der Waals surface area contributed by atoms with Crippen LogP contribution >= 0.6 is 0 Å². The van der Waals surface area contributed by atoms with Crippen LogP contribution in [0.3, 0.4) is 0 Å². The number of anilines is 1. The molecule has 1 aromatic rings. The van der Waals surface area contributed by atoms with Crippen LogP contribution in [0, 0.1) is 5.92 Å². The van der Waals surface area contributed by atoms with E-state index in [0.29, 0.717) is 5.92 Å². The minimum atomic E-state index is 0.690. The van der Waals surface area contributed by atoms with Crippen molar-refractivity contribution >= 4 is 11.6 Å². The van der Waals surface area contributed by atoms with Crippen LogP contribution in [0.5, 0.6) is 0 Å². The number of benzene rings is 1. The summed E-state index contributed by atoms with van der Waals surface area (Å²) in [6, 6.07) is 10.7. The molecule has 0 spiro atoms. The summed E-state index contributed by atoms with van der Waals surface area (Å²) < 4.78 is 0. The Bertz CT molecular complexity index is 416. The molecule has 2 rings (SSSR count). The highest BCUT2D eigenvalue weighted by Crippen LogP contribution is 2.22. The first-order valence-electron chi connectivity index (χ1n) is 7.58. The third kappa shape index (κ3) is 4.15. The van der Waals surface area contributed by atoms with Gasteiger partial charge < -0.3 is 15.5 Å². The van der Waals surface area contributed by atoms with Gasteiger partial charge in [0.15, 0.2) is 5.96 Å². The lowest BCUT2D eigenvalue weighted by atomic mass is 10.1. The second-order valence-electron chi connectivity index (χ2n) is 5.32. The Morgan fingerprint density at radius 3 is 2.80 bits per heavy atom. The number of guanidine groups is 1. The molecule has 0 saturated carbocycles. The molecule has 1 unspecified atom stereocenters. The van der Waals surface area contributed by atoms with Crippen molar-refractivity contribution in [1.82, 2.24) is 10.6 Å². The van der Waals surface area contributed by atoms with Crippen molar-refractivity contribution in [1.29, 1.82) is 0 Å². The van der Waals surface area contributed by atoms with E-state index in [1.807, 2.05) is 7.05 Å². The predicted octanol–water partition coefficient (Wildman–Crippen LogP) is 2.09. The number of aliphatic imine (C=N–C) groups is 1. The molecule has 1 fully saturated rings. The van der Waals surface area contributed by atoms with E-state index >= 15 is 0 Å². The first-order chi connectivity index (χ1) is 9.83. The molecule has 4 heteroatoms. The maximum Gasteiger partial charge on any atom is 0.190 e. The van der Waals surface area contributed by atoms with Crippen LogP contribution in [-0.2, 0) is 0 Å². The van der Waals surface area contributed by atoms with E-state index in [0.717, 1.165) is 38.6 Å². The molecule has 1 aliphatic rings. The average molecular weight is 274 g/mol. The number of nitrogens with zero attached hydrogens (tertiary/aromatic N) is 2. The summed E-state index contributed by atoms with van der Waals surface area (Å²) in [7, 11) is 1.83. The molecule has 1 atom stereocenters. The Labute approximate surface area is 122 Å². The number of nitrogens with one attached hydrogen (secondary N) is 2. The van der Waals surface area contributed by atoms with Crippen LogP contribution in [0.25, 0.3) is 0 Å². The lowest BCUT2D eigenvalue weighted by Gasteiger charge is -2.19. The molecule has 110 valence electrons. The molecule has 1 saturated heterocycles. The normalized spacial score (nSPS) is 19.2. The molecule has 1 aliphatic heterocycles. The number of hydrogen-bond acceptors (Lipinski definition) is 2. The van der Waals surface area contributed by atoms with E-state index in [4.69, 9.17) is 0 Å². The summed E-state index contributed by atoms with van der Waals surface area (Å²) in [5.74, 6) is 1.61. The van der Waals surface area contributed by atoms with E-state index in [9.17, 15) is 0 Å². The Balaban J connectivity index is 1.76. The molecule has 0 aliphatic carbocycles. The quantitative estimate of drug-likeness (QED) is 0.638. The SMILES string of the molecule is CCCNC(=NC)NCC1CCN(c2ccccc2)C1. The van der Waals surface area contributed by atoms with E-state index in [1.54, 1.807) is 0 Å². The number of hydrogen-bond donors (Lipinski definition) is 2. The van der Waals surface area contributed by atoms with Crippen molar-refractivity contribution in [2.24, 2.45) is 10.9 Å². The molecule has 0 bridgehead atoms. The molecule has 4 nitrogen and oxygen atoms in total. The number of rotatable bonds is 5. The van der Waals surface area contributed by atoms with Crippen molar-refractivity contribution in [3.8, 4) is 0 Å². The van der Waals surface area contributed by atoms with Gasteiger partial charge in [-0.1, -0.05) is 25.1 Å². The fraction of sp³-hybridized carbons (Fsp3) is 0.562. The lowest BCUT2D eigenvalue weighted by Crippen LogP contribution is -2.40. The fourth-order valence-electron chi connectivity index (χ4n) is 2.58. The maximum atomic E-state index is 4.24. The van der Waals surface area contributed by atoms with Gasteiger partial charge in [0.2, 0.25) is 0 Å². The summed E-state index contributed by atoms with van der Waals surface area (Å²) in [5, 5.41) is 6.74. The van der Waals surface area contributed by atoms with E-state index in [2.05, 4.69) is 57.8 Å². The summed E-state index contributed by atoms with van der Waals surface area (Å²) in [4.78, 5) is 6.71. The first-order valence-corrected chi connectivity index (χ1v) is 7.58. The van der Waals surface area contributed by atoms with Crippen LogP contribution < -0.4 is 15.5 Å². The molecule has 0 amide bonds. The summed E-state index contributed by atoms with van der Waals surface area (Å²) in [6.07, 6.45) is 2.36. The Morgan fingerprint density at radius 1 is 1.30 bits per heavy atom. The fourth-order valence-corrected chi connectivity index (χ4v) is 2.58. The molecule has 1 heterocycles. The second kappa shape index (κ2) is 7.78. The highest BCUT2D eigenvalue weighted by molar-refractivity contribution is 5.79. The molecular weight excluding hydrogens is 248 g/mol. The van der Waals surface area contributed by atoms with Gasteiger partial charge in [-0.25, -0.2) is 0 Å². The summed E-state index contributed by atoms with van der Waals surface area (Å²) in [6.45, 7) is 6.40. The number of para-hydroxylation sites is 1. The summed E-state index contributed by atoms with van der Waals surface area (Å²) >= 11 is 0. The van der Waals surface area contributed by atoms with Crippen molar-refractivity contribution < 1.29 is 0 Å². The maximum absolute atomic E-state index is 4.24. The zero-order valence-corrected chi connectivity index (χ0v) is 12.6. The van der Waals surface area contributed by atoms with Crippen molar-refractivity contribution in [2.75, 3.05) is 38.1 Å². The third-order valence-corrected chi connectivity index (χ3v) is 3.73. The van der Waals surface area contributed by atoms with Crippen LogP contribution in [0.2, 0.25) is 0 Å². The Hall–Kier alpha value is -1.71. The minimum absolute atomic E-state index is 0.690. The largest absolute Gasteiger partial charge is 0.371 e. The summed E-state index contributed by atoms with van der Waals surface area (Å²) in [5.41, 5.74) is 1.34. The van der Waals surface area contributed by atoms with E-state index < -0.39 is 0 Å². The molecule has 0 aromatic heterocycles. The minimum Gasteiger partial charge on any atom is -0.371 e. The lowest BCUT2D eigenvalue weighted by molar-refractivity contribution is 0.565. The smallest absolute Gasteiger partial charge is 0.190 e. The van der Waals surface area contributed by atoms with E-state index in [1.165, 1.54) is 12.1 Å². The van der Waals surface area contributed by atoms with Gasteiger partial charge in [0.05, 0.1) is 0 Å². The molecule has 1 aromatic carbocycles. The molecule has 20 heavy (non-hydrogen) atoms. The van der Waals surface area contributed by atoms with Gasteiger partial charge in [-0.05, 0) is 30.9 Å². The highest BCUT2D eigenvalue weighted by atomic mass is 15.2. The Kier molecular flexibility index (Phi) is 5.71. The monoisotopic (exact) mass is 274 g/mol. The Morgan fingerprint density at radius 2 is 2.10 bits per heavy atom. The van der Waals surface area contributed by atoms with E-state index in [-0.39, 0.29) is 0 Å². The highest BCUT2D eigenvalue weighted by Gasteiger charge is 2.22. The second-order valence-corrected chi connectivity index (χ2v) is 5.32. The average Bonchev–Trinajstić information content (AvgIpc) is 2.97. The molecule has 0 radical (unpaired) electrons. The van der Waals surface area contributed by atoms with Crippen LogP contribution in [0.1, 0.15) is 19.8 Å². The molecular formula is C16H26N4. The van der Waals surface area contributed by atoms with Crippen molar-refractivity contribution in [3.63, 3.8) is 0 Å². The topological polar surface area (TPSA) is 39.7 Å². The van der Waals surface area contributed by atoms with Crippen molar-refractivity contribution in [3.05, 3.63) is 30.3 Å². The first kappa shape index (κ1) is 14.7. The van der Waals surface area contributed by atoms with Gasteiger partial charge in [0.1, 0.15) is 0 Å². The van der Waals surface area contributed by atoms with Crippen LogP contribution in [0.15, 0.2) is 35.3 Å². The van der Waals surface area contributed by atoms with Gasteiger partial charge in [0.25, 0.3) is 0 Å². The van der Waals surface area contributed by atoms with Crippen molar-refractivity contribution in [2.45, 2.75) is 19.8 Å². The zero-order valence-electron chi connectivity index (χ0n) is 12.6. The van der Waals surface area contributed by atoms with Crippen LogP contribution in [-0.4, -0.2) is 39.2 Å².